The van der Waals surface area contributed by atoms with Crippen molar-refractivity contribution < 1.29 is 4.79 Å². The van der Waals surface area contributed by atoms with E-state index in [0.29, 0.717) is 16.9 Å². The predicted octanol–water partition coefficient (Wildman–Crippen LogP) is 3.35. The number of benzene rings is 1. The first kappa shape index (κ1) is 11.2. The van der Waals surface area contributed by atoms with E-state index in [1.165, 1.54) is 11.3 Å². The molecule has 1 amide bonds. The van der Waals surface area contributed by atoms with Crippen molar-refractivity contribution in [2.75, 3.05) is 11.1 Å². The molecule has 0 radical (unpaired) electrons. The Morgan fingerprint density at radius 2 is 2.12 bits per heavy atom. The van der Waals surface area contributed by atoms with Crippen LogP contribution in [0.4, 0.5) is 11.4 Å². The molecule has 0 aliphatic heterocycles. The number of carbonyl (C=O) groups excluding carboxylic acids is 1. The fourth-order valence-electron chi connectivity index (χ4n) is 1.23. The quantitative estimate of drug-likeness (QED) is 0.835. The highest BCUT2D eigenvalue weighted by Gasteiger charge is 2.09. The molecule has 0 saturated heterocycles. The molecule has 2 rings (SSSR count). The molecule has 0 bridgehead atoms. The second kappa shape index (κ2) is 4.67. The maximum Gasteiger partial charge on any atom is 0.256 e. The van der Waals surface area contributed by atoms with E-state index in [2.05, 4.69) is 21.2 Å². The third-order valence-corrected chi connectivity index (χ3v) is 3.54. The Labute approximate surface area is 105 Å². The lowest BCUT2D eigenvalue weighted by molar-refractivity contribution is 0.102. The van der Waals surface area contributed by atoms with Gasteiger partial charge in [-0.1, -0.05) is 12.1 Å². The molecule has 3 N–H and O–H groups in total. The normalized spacial score (nSPS) is 10.1. The molecule has 0 fully saturated rings. The number of nitrogen functional groups attached to an aromatic ring is 1. The van der Waals surface area contributed by atoms with Crippen molar-refractivity contribution in [2.45, 2.75) is 0 Å². The second-order valence-electron chi connectivity index (χ2n) is 3.18. The van der Waals surface area contributed by atoms with Gasteiger partial charge in [-0.25, -0.2) is 0 Å². The van der Waals surface area contributed by atoms with E-state index < -0.39 is 0 Å². The first-order valence-corrected chi connectivity index (χ1v) is 6.24. The van der Waals surface area contributed by atoms with Gasteiger partial charge < -0.3 is 11.1 Å². The zero-order valence-corrected chi connectivity index (χ0v) is 10.6. The summed E-state index contributed by atoms with van der Waals surface area (Å²) in [5, 5.41) is 4.55. The van der Waals surface area contributed by atoms with Gasteiger partial charge in [0.2, 0.25) is 0 Å². The molecule has 82 valence electrons. The smallest absolute Gasteiger partial charge is 0.256 e. The molecule has 0 saturated carbocycles. The molecule has 0 atom stereocenters. The van der Waals surface area contributed by atoms with Crippen molar-refractivity contribution in [3.63, 3.8) is 0 Å². The van der Waals surface area contributed by atoms with Crippen molar-refractivity contribution in [2.24, 2.45) is 0 Å². The first-order chi connectivity index (χ1) is 7.66. The van der Waals surface area contributed by atoms with Crippen molar-refractivity contribution in [1.82, 2.24) is 0 Å². The van der Waals surface area contributed by atoms with Crippen molar-refractivity contribution >= 4 is 44.5 Å². The number of nitrogens with two attached hydrogens (primary N) is 1. The standard InChI is InChI=1S/C11H9BrN2OS/c12-10-5-7(6-16-10)11(15)14-9-4-2-1-3-8(9)13/h1-6H,13H2,(H,14,15). The minimum absolute atomic E-state index is 0.153. The Morgan fingerprint density at radius 1 is 1.38 bits per heavy atom. The lowest BCUT2D eigenvalue weighted by atomic mass is 10.2. The van der Waals surface area contributed by atoms with E-state index in [-0.39, 0.29) is 5.91 Å². The molecule has 3 nitrogen and oxygen atoms in total. The zero-order valence-electron chi connectivity index (χ0n) is 8.24. The highest BCUT2D eigenvalue weighted by molar-refractivity contribution is 9.11. The van der Waals surface area contributed by atoms with Crippen molar-refractivity contribution in [3.05, 3.63) is 45.1 Å². The molecule has 0 aliphatic carbocycles. The van der Waals surface area contributed by atoms with Crippen molar-refractivity contribution in [1.29, 1.82) is 0 Å². The summed E-state index contributed by atoms with van der Waals surface area (Å²) in [5.74, 6) is -0.153. The highest BCUT2D eigenvalue weighted by Crippen LogP contribution is 2.23. The number of halogens is 1. The fraction of sp³-hybridized carbons (Fsp3) is 0. The van der Waals surface area contributed by atoms with Gasteiger partial charge in [-0.3, -0.25) is 4.79 Å². The Hall–Kier alpha value is -1.33. The minimum Gasteiger partial charge on any atom is -0.397 e. The number of amides is 1. The average Bonchev–Trinajstić information content (AvgIpc) is 2.68. The summed E-state index contributed by atoms with van der Waals surface area (Å²) in [7, 11) is 0. The molecule has 5 heteroatoms. The highest BCUT2D eigenvalue weighted by atomic mass is 79.9. The number of para-hydroxylation sites is 2. The van der Waals surface area contributed by atoms with Crippen LogP contribution < -0.4 is 11.1 Å². The monoisotopic (exact) mass is 296 g/mol. The molecule has 0 spiro atoms. The predicted molar refractivity (Wildman–Crippen MR) is 70.8 cm³/mol. The lowest BCUT2D eigenvalue weighted by Gasteiger charge is -2.06. The van der Waals surface area contributed by atoms with Gasteiger partial charge in [0.05, 0.1) is 20.7 Å². The summed E-state index contributed by atoms with van der Waals surface area (Å²) in [5.41, 5.74) is 7.55. The minimum atomic E-state index is -0.153. The number of hydrogen-bond acceptors (Lipinski definition) is 3. The zero-order chi connectivity index (χ0) is 11.5. The van der Waals surface area contributed by atoms with Crippen LogP contribution in [0.5, 0.6) is 0 Å². The van der Waals surface area contributed by atoms with E-state index in [4.69, 9.17) is 5.73 Å². The number of nitrogens with one attached hydrogen (secondary N) is 1. The van der Waals surface area contributed by atoms with E-state index in [1.54, 1.807) is 23.6 Å². The van der Waals surface area contributed by atoms with Crippen LogP contribution in [0, 0.1) is 0 Å². The SMILES string of the molecule is Nc1ccccc1NC(=O)c1csc(Br)c1. The molecule has 0 aliphatic rings. The fourth-order valence-corrected chi connectivity index (χ4v) is 2.37. The van der Waals surface area contributed by atoms with Gasteiger partial charge in [0, 0.05) is 5.38 Å². The summed E-state index contributed by atoms with van der Waals surface area (Å²) >= 11 is 4.79. The van der Waals surface area contributed by atoms with Crippen LogP contribution in [0.1, 0.15) is 10.4 Å². The van der Waals surface area contributed by atoms with Gasteiger partial charge in [0.15, 0.2) is 0 Å². The summed E-state index contributed by atoms with van der Waals surface area (Å²) < 4.78 is 0.929. The molecule has 0 unspecified atom stereocenters. The molecule has 1 heterocycles. The summed E-state index contributed by atoms with van der Waals surface area (Å²) in [6.07, 6.45) is 0. The Morgan fingerprint density at radius 3 is 2.75 bits per heavy atom. The first-order valence-electron chi connectivity index (χ1n) is 4.56. The van der Waals surface area contributed by atoms with Gasteiger partial charge in [0.1, 0.15) is 0 Å². The lowest BCUT2D eigenvalue weighted by Crippen LogP contribution is -2.12. The van der Waals surface area contributed by atoms with Crippen LogP contribution in [0.2, 0.25) is 0 Å². The average molecular weight is 297 g/mol. The maximum absolute atomic E-state index is 11.8. The molecular weight excluding hydrogens is 288 g/mol. The van der Waals surface area contributed by atoms with E-state index >= 15 is 0 Å². The Balaban J connectivity index is 2.17. The molecular formula is C11H9BrN2OS. The van der Waals surface area contributed by atoms with E-state index in [0.717, 1.165) is 3.79 Å². The number of carbonyl (C=O) groups is 1. The van der Waals surface area contributed by atoms with E-state index in [9.17, 15) is 4.79 Å². The van der Waals surface area contributed by atoms with Gasteiger partial charge in [-0.05, 0) is 34.1 Å². The van der Waals surface area contributed by atoms with E-state index in [1.807, 2.05) is 12.1 Å². The summed E-state index contributed by atoms with van der Waals surface area (Å²) in [6, 6.07) is 8.95. The van der Waals surface area contributed by atoms with Crippen LogP contribution >= 0.6 is 27.3 Å². The topological polar surface area (TPSA) is 55.1 Å². The Kier molecular flexibility index (Phi) is 3.26. The maximum atomic E-state index is 11.8. The van der Waals surface area contributed by atoms with Crippen LogP contribution in [0.15, 0.2) is 39.5 Å². The van der Waals surface area contributed by atoms with Gasteiger partial charge in [-0.2, -0.15) is 0 Å². The van der Waals surface area contributed by atoms with Gasteiger partial charge in [0.25, 0.3) is 5.91 Å². The van der Waals surface area contributed by atoms with Gasteiger partial charge >= 0.3 is 0 Å². The summed E-state index contributed by atoms with van der Waals surface area (Å²) in [6.45, 7) is 0. The van der Waals surface area contributed by atoms with Gasteiger partial charge in [-0.15, -0.1) is 11.3 Å². The van der Waals surface area contributed by atoms with Crippen LogP contribution in [0.25, 0.3) is 0 Å². The third kappa shape index (κ3) is 2.43. The second-order valence-corrected chi connectivity index (χ2v) is 5.47. The number of thiophene rings is 1. The van der Waals surface area contributed by atoms with Crippen LogP contribution in [-0.2, 0) is 0 Å². The van der Waals surface area contributed by atoms with Crippen LogP contribution in [0.3, 0.4) is 0 Å². The molecule has 1 aromatic heterocycles. The third-order valence-electron chi connectivity index (χ3n) is 2.04. The largest absolute Gasteiger partial charge is 0.397 e. The summed E-state index contributed by atoms with van der Waals surface area (Å²) in [4.78, 5) is 11.8. The number of anilines is 2. The van der Waals surface area contributed by atoms with Crippen LogP contribution in [-0.4, -0.2) is 5.91 Å². The number of rotatable bonds is 2. The van der Waals surface area contributed by atoms with Crippen molar-refractivity contribution in [3.8, 4) is 0 Å². The number of hydrogen-bond donors (Lipinski definition) is 2. The Bertz CT molecular complexity index is 524. The molecule has 2 aromatic rings. The molecule has 1 aromatic carbocycles. The molecule has 16 heavy (non-hydrogen) atoms.